The van der Waals surface area contributed by atoms with E-state index in [4.69, 9.17) is 9.84 Å². The minimum atomic E-state index is -0.743. The molecule has 3 atom stereocenters. The lowest BCUT2D eigenvalue weighted by Crippen LogP contribution is -2.27. The Morgan fingerprint density at radius 2 is 2.03 bits per heavy atom. The van der Waals surface area contributed by atoms with Gasteiger partial charge in [-0.1, -0.05) is 13.3 Å². The molecule has 0 amide bonds. The average Bonchev–Trinajstić information content (AvgIpc) is 3.03. The number of aliphatic hydroxyl groups excluding tert-OH is 1. The fourth-order valence-electron chi connectivity index (χ4n) is 3.81. The van der Waals surface area contributed by atoms with Crippen molar-refractivity contribution in [2.45, 2.75) is 74.7 Å². The summed E-state index contributed by atoms with van der Waals surface area (Å²) in [4.78, 5) is 22.5. The number of ether oxygens (including phenoxy) is 1. The van der Waals surface area contributed by atoms with Crippen LogP contribution in [0.5, 0.6) is 11.5 Å². The molecule has 0 aromatic heterocycles. The summed E-state index contributed by atoms with van der Waals surface area (Å²) < 4.78 is 5.94. The van der Waals surface area contributed by atoms with Gasteiger partial charge >= 0.3 is 5.97 Å². The zero-order valence-corrected chi connectivity index (χ0v) is 22.3. The number of phenols is 1. The van der Waals surface area contributed by atoms with Gasteiger partial charge in [0.2, 0.25) is 0 Å². The average molecular weight is 517 g/mol. The molecule has 1 saturated heterocycles. The second kappa shape index (κ2) is 12.6. The zero-order chi connectivity index (χ0) is 24.6. The first-order valence-corrected chi connectivity index (χ1v) is 14.2. The Bertz CT molecular complexity index is 833. The highest BCUT2D eigenvalue weighted by molar-refractivity contribution is 8.22. The summed E-state index contributed by atoms with van der Waals surface area (Å²) in [5.74, 6) is 1.98. The van der Waals surface area contributed by atoms with Crippen molar-refractivity contribution in [3.63, 3.8) is 0 Å². The molecule has 3 unspecified atom stereocenters. The summed E-state index contributed by atoms with van der Waals surface area (Å²) in [7, 11) is 0. The number of carbonyl (C=O) groups is 2. The number of carboxylic acids is 1. The molecule has 0 spiro atoms. The first kappa shape index (κ1) is 28.2. The van der Waals surface area contributed by atoms with Crippen LogP contribution in [-0.2, 0) is 11.2 Å². The number of aliphatic carboxylic acids is 1. The largest absolute Gasteiger partial charge is 0.507 e. The lowest BCUT2D eigenvalue weighted by Gasteiger charge is -2.27. The monoisotopic (exact) mass is 516 g/mol. The van der Waals surface area contributed by atoms with Crippen LogP contribution in [0.2, 0.25) is 0 Å². The molecule has 1 heterocycles. The number of Topliss-reactive ketones (excluding diaryl/α,β-unsaturated/α-hetero) is 1. The molecule has 0 bridgehead atoms. The smallest absolute Gasteiger partial charge is 0.303 e. The molecule has 1 fully saturated rings. The summed E-state index contributed by atoms with van der Waals surface area (Å²) in [6.07, 6.45) is 2.51. The van der Waals surface area contributed by atoms with E-state index in [0.717, 1.165) is 24.3 Å². The lowest BCUT2D eigenvalue weighted by molar-refractivity contribution is -0.137. The summed E-state index contributed by atoms with van der Waals surface area (Å²) >= 11 is 5.52. The number of aliphatic hydroxyl groups is 1. The van der Waals surface area contributed by atoms with Crippen LogP contribution in [0.1, 0.15) is 69.3 Å². The van der Waals surface area contributed by atoms with Gasteiger partial charge in [0.15, 0.2) is 5.78 Å². The summed E-state index contributed by atoms with van der Waals surface area (Å²) in [6, 6.07) is 3.26. The van der Waals surface area contributed by atoms with Gasteiger partial charge in [0, 0.05) is 34.0 Å². The van der Waals surface area contributed by atoms with E-state index >= 15 is 0 Å². The van der Waals surface area contributed by atoms with Gasteiger partial charge in [0.1, 0.15) is 18.1 Å². The fourth-order valence-corrected chi connectivity index (χ4v) is 9.17. The number of carboxylic acid groups (broad SMARTS) is 1. The summed E-state index contributed by atoms with van der Waals surface area (Å²) in [6.45, 7) is 7.97. The Morgan fingerprint density at radius 3 is 2.67 bits per heavy atom. The Kier molecular flexibility index (Phi) is 10.8. The van der Waals surface area contributed by atoms with Crippen molar-refractivity contribution in [3.8, 4) is 11.5 Å². The maximum Gasteiger partial charge on any atom is 0.303 e. The summed E-state index contributed by atoms with van der Waals surface area (Å²) in [5, 5.41) is 29.8. The number of thioether (sulfide) groups is 3. The predicted molar refractivity (Wildman–Crippen MR) is 139 cm³/mol. The lowest BCUT2D eigenvalue weighted by atomic mass is 10.0. The molecule has 0 saturated carbocycles. The van der Waals surface area contributed by atoms with E-state index in [-0.39, 0.29) is 38.9 Å². The van der Waals surface area contributed by atoms with E-state index < -0.39 is 12.1 Å². The van der Waals surface area contributed by atoms with Gasteiger partial charge in [-0.3, -0.25) is 9.59 Å². The minimum absolute atomic E-state index is 0.0270. The van der Waals surface area contributed by atoms with Crippen LogP contribution in [0, 0.1) is 0 Å². The Morgan fingerprint density at radius 1 is 1.30 bits per heavy atom. The third kappa shape index (κ3) is 8.60. The molecular formula is C24H36O6S3. The molecular weight excluding hydrogens is 480 g/mol. The van der Waals surface area contributed by atoms with Gasteiger partial charge in [0.25, 0.3) is 0 Å². The summed E-state index contributed by atoms with van der Waals surface area (Å²) in [5.41, 5.74) is 0.899. The van der Waals surface area contributed by atoms with Gasteiger partial charge in [0.05, 0.1) is 15.7 Å². The molecule has 1 aliphatic rings. The van der Waals surface area contributed by atoms with Crippen LogP contribution < -0.4 is 4.74 Å². The molecule has 2 rings (SSSR count). The normalized spacial score (nSPS) is 23.4. The Hall–Kier alpha value is -1.03. The van der Waals surface area contributed by atoms with Crippen LogP contribution in [0.25, 0.3) is 0 Å². The van der Waals surface area contributed by atoms with E-state index in [1.165, 1.54) is 6.92 Å². The SMILES string of the molecule is CCCc1c(OCC(O)CSCC2(C)CSC(C)(CCCC(=O)O)S2)ccc(C(C)=O)c1O. The van der Waals surface area contributed by atoms with Gasteiger partial charge in [-0.25, -0.2) is 0 Å². The highest BCUT2D eigenvalue weighted by atomic mass is 32.2. The molecule has 0 radical (unpaired) electrons. The first-order chi connectivity index (χ1) is 15.5. The Balaban J connectivity index is 1.82. The molecule has 6 nitrogen and oxygen atoms in total. The van der Waals surface area contributed by atoms with E-state index in [1.807, 2.05) is 30.4 Å². The van der Waals surface area contributed by atoms with E-state index in [0.29, 0.717) is 29.9 Å². The predicted octanol–water partition coefficient (Wildman–Crippen LogP) is 5.23. The van der Waals surface area contributed by atoms with Crippen molar-refractivity contribution in [1.29, 1.82) is 0 Å². The first-order valence-electron chi connectivity index (χ1n) is 11.3. The molecule has 9 heteroatoms. The van der Waals surface area contributed by atoms with E-state index in [9.17, 15) is 19.8 Å². The van der Waals surface area contributed by atoms with E-state index in [1.54, 1.807) is 23.9 Å². The maximum absolute atomic E-state index is 11.7. The van der Waals surface area contributed by atoms with Gasteiger partial charge in [-0.05, 0) is 52.2 Å². The number of carbonyl (C=O) groups excluding carboxylic acids is 1. The number of ketones is 1. The third-order valence-electron chi connectivity index (χ3n) is 5.43. The molecule has 1 aromatic carbocycles. The zero-order valence-electron chi connectivity index (χ0n) is 19.9. The molecule has 0 aliphatic carbocycles. The quantitative estimate of drug-likeness (QED) is 0.287. The number of rotatable bonds is 14. The van der Waals surface area contributed by atoms with E-state index in [2.05, 4.69) is 13.8 Å². The standard InChI is InChI=1S/C24H36O6S3/c1-5-7-19-20(10-9-18(16(2)25)22(19)29)30-12-17(26)13-31-14-23(3)15-32-24(4,33-23)11-6-8-21(27)28/h9-10,17,26,29H,5-8,11-15H2,1-4H3,(H,27,28). The maximum atomic E-state index is 11.7. The molecule has 3 N–H and O–H groups in total. The number of aromatic hydroxyl groups is 1. The second-order valence-electron chi connectivity index (χ2n) is 8.95. The number of benzene rings is 1. The molecule has 1 aliphatic heterocycles. The molecule has 1 aromatic rings. The van der Waals surface area contributed by atoms with Crippen LogP contribution >= 0.6 is 35.3 Å². The number of hydrogen-bond donors (Lipinski definition) is 3. The highest BCUT2D eigenvalue weighted by Crippen LogP contribution is 2.56. The number of phenolic OH excluding ortho intramolecular Hbond substituents is 1. The van der Waals surface area contributed by atoms with Crippen LogP contribution in [0.15, 0.2) is 12.1 Å². The topological polar surface area (TPSA) is 104 Å². The van der Waals surface area contributed by atoms with Crippen LogP contribution in [0.4, 0.5) is 0 Å². The molecule has 33 heavy (non-hydrogen) atoms. The number of hydrogen-bond acceptors (Lipinski definition) is 8. The van der Waals surface area contributed by atoms with Gasteiger partial charge < -0.3 is 20.1 Å². The van der Waals surface area contributed by atoms with Crippen molar-refractivity contribution in [3.05, 3.63) is 23.3 Å². The molecule has 186 valence electrons. The van der Waals surface area contributed by atoms with Crippen LogP contribution in [0.3, 0.4) is 0 Å². The minimum Gasteiger partial charge on any atom is -0.507 e. The van der Waals surface area contributed by atoms with Crippen molar-refractivity contribution in [1.82, 2.24) is 0 Å². The van der Waals surface area contributed by atoms with Gasteiger partial charge in [-0.2, -0.15) is 11.8 Å². The van der Waals surface area contributed by atoms with Crippen LogP contribution in [-0.4, -0.2) is 65.9 Å². The highest BCUT2D eigenvalue weighted by Gasteiger charge is 2.43. The Labute approximate surface area is 209 Å². The van der Waals surface area contributed by atoms with Crippen molar-refractivity contribution in [2.75, 3.05) is 23.9 Å². The van der Waals surface area contributed by atoms with Gasteiger partial charge in [-0.15, -0.1) is 23.5 Å². The second-order valence-corrected chi connectivity index (χ2v) is 13.8. The van der Waals surface area contributed by atoms with Crippen molar-refractivity contribution < 1.29 is 29.6 Å². The fraction of sp³-hybridized carbons (Fsp3) is 0.667. The third-order valence-corrected chi connectivity index (χ3v) is 10.9. The van der Waals surface area contributed by atoms with Crippen molar-refractivity contribution in [2.24, 2.45) is 0 Å². The van der Waals surface area contributed by atoms with Crippen molar-refractivity contribution >= 4 is 47.0 Å².